The molecule has 1 aromatic heterocycles. The topological polar surface area (TPSA) is 4.93 Å². The highest BCUT2D eigenvalue weighted by molar-refractivity contribution is 5.44. The van der Waals surface area contributed by atoms with Crippen LogP contribution in [0.25, 0.3) is 0 Å². The zero-order chi connectivity index (χ0) is 25.5. The van der Waals surface area contributed by atoms with Crippen molar-refractivity contribution in [1.82, 2.24) is 4.57 Å². The zero-order valence-electron chi connectivity index (χ0n) is 23.3. The number of aromatic nitrogens is 1. The minimum atomic E-state index is 0.312. The molecule has 6 rings (SSSR count). The van der Waals surface area contributed by atoms with E-state index >= 15 is 0 Å². The summed E-state index contributed by atoms with van der Waals surface area (Å²) >= 11 is 0. The van der Waals surface area contributed by atoms with Gasteiger partial charge in [0.15, 0.2) is 0 Å². The lowest BCUT2D eigenvalue weighted by Gasteiger charge is -2.58. The summed E-state index contributed by atoms with van der Waals surface area (Å²) in [6.45, 7) is 15.8. The summed E-state index contributed by atoms with van der Waals surface area (Å²) in [7, 11) is 0. The molecule has 0 saturated heterocycles. The maximum Gasteiger partial charge on any atom is 0.0368 e. The van der Waals surface area contributed by atoms with Crippen LogP contribution in [0.15, 0.2) is 84.7 Å². The van der Waals surface area contributed by atoms with Gasteiger partial charge in [-0.2, -0.15) is 0 Å². The van der Waals surface area contributed by atoms with Crippen LogP contribution in [-0.2, 0) is 0 Å². The van der Waals surface area contributed by atoms with Gasteiger partial charge in [-0.3, -0.25) is 0 Å². The van der Waals surface area contributed by atoms with Crippen molar-refractivity contribution < 1.29 is 0 Å². The molecule has 2 fully saturated rings. The van der Waals surface area contributed by atoms with Crippen LogP contribution < -0.4 is 0 Å². The van der Waals surface area contributed by atoms with Crippen LogP contribution in [0.5, 0.6) is 0 Å². The van der Waals surface area contributed by atoms with E-state index < -0.39 is 0 Å². The second kappa shape index (κ2) is 9.88. The molecule has 0 bridgehead atoms. The lowest BCUT2D eigenvalue weighted by molar-refractivity contribution is -0.0215. The Balaban J connectivity index is 0.00000130. The first-order valence-electron chi connectivity index (χ1n) is 14.7. The molecular weight excluding hydrogens is 434 g/mol. The van der Waals surface area contributed by atoms with Gasteiger partial charge in [0.25, 0.3) is 0 Å². The van der Waals surface area contributed by atoms with Crippen molar-refractivity contribution in [2.45, 2.75) is 91.5 Å². The van der Waals surface area contributed by atoms with Gasteiger partial charge < -0.3 is 4.57 Å². The largest absolute Gasteiger partial charge is 0.351 e. The molecule has 2 saturated carbocycles. The van der Waals surface area contributed by atoms with E-state index in [2.05, 4.69) is 98.9 Å². The van der Waals surface area contributed by atoms with Crippen LogP contribution in [0.4, 0.5) is 0 Å². The second-order valence-corrected chi connectivity index (χ2v) is 12.2. The molecule has 0 spiro atoms. The molecule has 0 radical (unpaired) electrons. The number of nitrogens with zero attached hydrogens (tertiary/aromatic N) is 1. The van der Waals surface area contributed by atoms with Crippen LogP contribution in [0.1, 0.15) is 95.7 Å². The maximum absolute atomic E-state index is 4.31. The fraction of sp³-hybridized carbons (Fsp3) is 0.543. The number of hydrogen-bond acceptors (Lipinski definition) is 0. The number of rotatable bonds is 4. The summed E-state index contributed by atoms with van der Waals surface area (Å²) in [5, 5.41) is 0. The van der Waals surface area contributed by atoms with Gasteiger partial charge in [-0.15, -0.1) is 6.58 Å². The molecule has 1 aromatic carbocycles. The van der Waals surface area contributed by atoms with E-state index in [9.17, 15) is 0 Å². The molecule has 1 nitrogen and oxygen atoms in total. The Labute approximate surface area is 220 Å². The average molecular weight is 482 g/mol. The summed E-state index contributed by atoms with van der Waals surface area (Å²) in [5.74, 6) is 2.82. The monoisotopic (exact) mass is 481 g/mol. The van der Waals surface area contributed by atoms with E-state index in [0.717, 1.165) is 17.8 Å². The van der Waals surface area contributed by atoms with Crippen LogP contribution >= 0.6 is 0 Å². The predicted octanol–water partition coefficient (Wildman–Crippen LogP) is 9.83. The fourth-order valence-electron chi connectivity index (χ4n) is 8.93. The van der Waals surface area contributed by atoms with E-state index in [-0.39, 0.29) is 0 Å². The van der Waals surface area contributed by atoms with Gasteiger partial charge in [-0.05, 0) is 104 Å². The molecule has 36 heavy (non-hydrogen) atoms. The highest BCUT2D eigenvalue weighted by Crippen LogP contribution is 2.66. The molecule has 0 N–H and O–H groups in total. The molecule has 0 aliphatic heterocycles. The Morgan fingerprint density at radius 1 is 0.917 bits per heavy atom. The van der Waals surface area contributed by atoms with Gasteiger partial charge in [0.2, 0.25) is 0 Å². The first-order chi connectivity index (χ1) is 17.5. The van der Waals surface area contributed by atoms with Crippen LogP contribution in [0.2, 0.25) is 0 Å². The summed E-state index contributed by atoms with van der Waals surface area (Å²) in [6.07, 6.45) is 21.3. The van der Waals surface area contributed by atoms with Gasteiger partial charge >= 0.3 is 0 Å². The molecule has 1 heteroatoms. The Bertz CT molecular complexity index is 1130. The highest BCUT2D eigenvalue weighted by atomic mass is 15.0. The van der Waals surface area contributed by atoms with Crippen molar-refractivity contribution in [2.24, 2.45) is 28.6 Å². The minimum absolute atomic E-state index is 0.312. The lowest BCUT2D eigenvalue weighted by Crippen LogP contribution is -2.49. The van der Waals surface area contributed by atoms with Crippen molar-refractivity contribution in [3.8, 4) is 0 Å². The number of fused-ring (bicyclic) bond motifs is 5. The normalized spacial score (nSPS) is 35.7. The first-order valence-corrected chi connectivity index (χ1v) is 14.7. The lowest BCUT2D eigenvalue weighted by atomic mass is 9.47. The number of hydrogen-bond donors (Lipinski definition) is 0. The standard InChI is InChI=1S/C33H41N.C2H6/c1-5-26(27-11-7-6-10-23(27)2)29-14-15-30-28-13-12-24-22-25(34-20-8-9-21-34)16-18-32(24,3)31(28)17-19-33(29,30)4;1-2/h5-12,14,20-21,25-26,28,30-31H,1,13,15-19,22H2,2-4H3;1-2H3/t25-,26?,28?,30?,31?,32-,33+;/m0./s1. The smallest absolute Gasteiger partial charge is 0.0368 e. The van der Waals surface area contributed by atoms with Crippen molar-refractivity contribution in [3.63, 3.8) is 0 Å². The van der Waals surface area contributed by atoms with E-state index in [1.54, 1.807) is 11.1 Å². The van der Waals surface area contributed by atoms with Crippen molar-refractivity contribution >= 4 is 0 Å². The van der Waals surface area contributed by atoms with Gasteiger partial charge in [0.1, 0.15) is 0 Å². The van der Waals surface area contributed by atoms with Crippen molar-refractivity contribution in [2.75, 3.05) is 0 Å². The Morgan fingerprint density at radius 2 is 1.64 bits per heavy atom. The number of aryl methyl sites for hydroxylation is 1. The summed E-state index contributed by atoms with van der Waals surface area (Å²) in [4.78, 5) is 0. The Kier molecular flexibility index (Phi) is 6.96. The Morgan fingerprint density at radius 3 is 2.36 bits per heavy atom. The van der Waals surface area contributed by atoms with E-state index in [1.165, 1.54) is 56.1 Å². The third kappa shape index (κ3) is 3.89. The van der Waals surface area contributed by atoms with Gasteiger partial charge in [-0.25, -0.2) is 0 Å². The van der Waals surface area contributed by atoms with E-state index in [0.29, 0.717) is 22.8 Å². The van der Waals surface area contributed by atoms with Gasteiger partial charge in [0, 0.05) is 24.4 Å². The SMILES string of the molecule is C=CC(C1=CCC2C3CC=C4C[C@@H](n5cccc5)CC[C@]4(C)C3CC[C@]12C)c1ccccc1C.CC. The molecule has 7 atom stereocenters. The minimum Gasteiger partial charge on any atom is -0.351 e. The highest BCUT2D eigenvalue weighted by Gasteiger charge is 2.57. The summed E-state index contributed by atoms with van der Waals surface area (Å²) in [6, 6.07) is 14.0. The second-order valence-electron chi connectivity index (χ2n) is 12.2. The summed E-state index contributed by atoms with van der Waals surface area (Å²) < 4.78 is 2.46. The molecule has 4 unspecified atom stereocenters. The van der Waals surface area contributed by atoms with Crippen LogP contribution in [0.3, 0.4) is 0 Å². The fourth-order valence-corrected chi connectivity index (χ4v) is 8.93. The molecule has 0 amide bonds. The van der Waals surface area contributed by atoms with Crippen molar-refractivity contribution in [3.05, 3.63) is 95.9 Å². The number of allylic oxidation sites excluding steroid dienone is 5. The van der Waals surface area contributed by atoms with Crippen molar-refractivity contribution in [1.29, 1.82) is 0 Å². The first kappa shape index (κ1) is 25.4. The molecule has 1 heterocycles. The van der Waals surface area contributed by atoms with Crippen LogP contribution in [-0.4, -0.2) is 4.57 Å². The zero-order valence-corrected chi connectivity index (χ0v) is 23.3. The number of benzene rings is 1. The van der Waals surface area contributed by atoms with E-state index in [4.69, 9.17) is 0 Å². The molecule has 4 aliphatic rings. The quantitative estimate of drug-likeness (QED) is 0.383. The third-order valence-corrected chi connectivity index (χ3v) is 10.9. The molecule has 192 valence electrons. The van der Waals surface area contributed by atoms with Gasteiger partial charge in [-0.1, -0.05) is 81.3 Å². The predicted molar refractivity (Wildman–Crippen MR) is 154 cm³/mol. The summed E-state index contributed by atoms with van der Waals surface area (Å²) in [5.41, 5.74) is 7.01. The van der Waals surface area contributed by atoms with Gasteiger partial charge in [0.05, 0.1) is 0 Å². The molecule has 4 aliphatic carbocycles. The molecular formula is C35H47N. The maximum atomic E-state index is 4.31. The molecule has 2 aromatic rings. The van der Waals surface area contributed by atoms with Crippen LogP contribution in [0, 0.1) is 35.5 Å². The average Bonchev–Trinajstić information content (AvgIpc) is 3.55. The van der Waals surface area contributed by atoms with E-state index in [1.807, 2.05) is 13.8 Å². The third-order valence-electron chi connectivity index (χ3n) is 10.9. The Hall–Kier alpha value is -2.28.